The van der Waals surface area contributed by atoms with E-state index in [-0.39, 0.29) is 11.8 Å². The number of nitrogens with one attached hydrogen (secondary N) is 3. The van der Waals surface area contributed by atoms with Crippen molar-refractivity contribution in [1.29, 1.82) is 0 Å². The van der Waals surface area contributed by atoms with Crippen LogP contribution in [0.25, 0.3) is 22.3 Å². The molecule has 9 heteroatoms. The summed E-state index contributed by atoms with van der Waals surface area (Å²) in [5, 5.41) is 7.02. The number of fused-ring (bicyclic) bond motifs is 1. The van der Waals surface area contributed by atoms with E-state index in [4.69, 9.17) is 9.97 Å². The number of H-pyrrole nitrogens is 1. The molecule has 0 aliphatic carbocycles. The van der Waals surface area contributed by atoms with Crippen LogP contribution >= 0.6 is 0 Å². The molecule has 2 aromatic carbocycles. The smallest absolute Gasteiger partial charge is 0.256 e. The third-order valence-electron chi connectivity index (χ3n) is 6.26. The van der Waals surface area contributed by atoms with Gasteiger partial charge in [0.2, 0.25) is 5.91 Å². The molecule has 36 heavy (non-hydrogen) atoms. The van der Waals surface area contributed by atoms with Gasteiger partial charge in [-0.1, -0.05) is 48.5 Å². The largest absolute Gasteiger partial charge is 0.368 e. The van der Waals surface area contributed by atoms with Crippen molar-refractivity contribution in [3.63, 3.8) is 0 Å². The molecule has 2 aromatic heterocycles. The van der Waals surface area contributed by atoms with E-state index in [2.05, 4.69) is 20.5 Å². The first kappa shape index (κ1) is 23.3. The summed E-state index contributed by atoms with van der Waals surface area (Å²) in [6.45, 7) is 5.11. The van der Waals surface area contributed by atoms with Gasteiger partial charge in [0.25, 0.3) is 5.91 Å². The van der Waals surface area contributed by atoms with Gasteiger partial charge < -0.3 is 25.4 Å². The number of aromatic amines is 1. The Labute approximate surface area is 209 Å². The molecule has 1 aliphatic heterocycles. The van der Waals surface area contributed by atoms with Crippen molar-refractivity contribution in [3.05, 3.63) is 72.4 Å². The Morgan fingerprint density at radius 1 is 0.944 bits per heavy atom. The summed E-state index contributed by atoms with van der Waals surface area (Å²) in [4.78, 5) is 41.2. The predicted octanol–water partition coefficient (Wildman–Crippen LogP) is 3.14. The zero-order valence-corrected chi connectivity index (χ0v) is 20.2. The lowest BCUT2D eigenvalue weighted by Gasteiger charge is -2.35. The number of hydrogen-bond acceptors (Lipinski definition) is 6. The molecule has 4 aromatic rings. The molecule has 0 radical (unpaired) electrons. The molecule has 0 saturated carbocycles. The Morgan fingerprint density at radius 3 is 2.47 bits per heavy atom. The minimum Gasteiger partial charge on any atom is -0.368 e. The van der Waals surface area contributed by atoms with Crippen LogP contribution in [-0.4, -0.2) is 70.9 Å². The Kier molecular flexibility index (Phi) is 6.79. The van der Waals surface area contributed by atoms with E-state index in [9.17, 15) is 9.59 Å². The Hall–Kier alpha value is -4.40. The number of rotatable bonds is 7. The van der Waals surface area contributed by atoms with E-state index >= 15 is 0 Å². The molecule has 1 saturated heterocycles. The second-order valence-electron chi connectivity index (χ2n) is 8.74. The van der Waals surface area contributed by atoms with Gasteiger partial charge in [-0.3, -0.25) is 9.59 Å². The molecule has 0 atom stereocenters. The highest BCUT2D eigenvalue weighted by Crippen LogP contribution is 2.25. The second kappa shape index (κ2) is 10.5. The van der Waals surface area contributed by atoms with Crippen molar-refractivity contribution in [1.82, 2.24) is 25.2 Å². The Balaban J connectivity index is 1.31. The number of carbonyl (C=O) groups excluding carboxylic acids is 2. The zero-order chi connectivity index (χ0) is 24.9. The standard InChI is InChI=1S/C27H29N7O2/c1-19(35)28-11-12-29-24-17-25(32-26(31-24)20-7-3-2-4-8-20)33-13-15-34(16-14-33)27(36)22-18-30-23-10-6-5-9-21(22)23/h2-10,17-18,30H,11-16H2,1H3,(H,28,35)(H,29,31,32). The summed E-state index contributed by atoms with van der Waals surface area (Å²) in [5.74, 6) is 2.12. The average Bonchev–Trinajstić information content (AvgIpc) is 3.35. The number of carbonyl (C=O) groups is 2. The van der Waals surface area contributed by atoms with E-state index < -0.39 is 0 Å². The highest BCUT2D eigenvalue weighted by Gasteiger charge is 2.25. The van der Waals surface area contributed by atoms with Gasteiger partial charge in [0.15, 0.2) is 5.82 Å². The van der Waals surface area contributed by atoms with Crippen molar-refractivity contribution in [2.24, 2.45) is 0 Å². The number of para-hydroxylation sites is 1. The molecular weight excluding hydrogens is 454 g/mol. The molecule has 0 bridgehead atoms. The molecule has 1 fully saturated rings. The minimum atomic E-state index is -0.0646. The van der Waals surface area contributed by atoms with Crippen molar-refractivity contribution in [2.75, 3.05) is 49.5 Å². The molecule has 0 unspecified atom stereocenters. The summed E-state index contributed by atoms with van der Waals surface area (Å²) < 4.78 is 0. The number of aromatic nitrogens is 3. The molecule has 5 rings (SSSR count). The van der Waals surface area contributed by atoms with Gasteiger partial charge in [0.1, 0.15) is 11.6 Å². The van der Waals surface area contributed by atoms with Gasteiger partial charge in [-0.15, -0.1) is 0 Å². The fraction of sp³-hybridized carbons (Fsp3) is 0.259. The van der Waals surface area contributed by atoms with E-state index in [0.717, 1.165) is 22.3 Å². The van der Waals surface area contributed by atoms with Gasteiger partial charge in [-0.2, -0.15) is 0 Å². The van der Waals surface area contributed by atoms with Crippen LogP contribution in [0.1, 0.15) is 17.3 Å². The van der Waals surface area contributed by atoms with Crippen LogP contribution in [0.4, 0.5) is 11.6 Å². The number of piperazine rings is 1. The third kappa shape index (κ3) is 5.14. The number of nitrogens with zero attached hydrogens (tertiary/aromatic N) is 4. The maximum absolute atomic E-state index is 13.2. The topological polar surface area (TPSA) is 106 Å². The van der Waals surface area contributed by atoms with E-state index in [0.29, 0.717) is 56.5 Å². The molecule has 1 aliphatic rings. The fourth-order valence-corrected chi connectivity index (χ4v) is 4.39. The van der Waals surface area contributed by atoms with E-state index in [1.807, 2.05) is 65.6 Å². The number of amides is 2. The maximum Gasteiger partial charge on any atom is 0.256 e. The van der Waals surface area contributed by atoms with Crippen LogP contribution < -0.4 is 15.5 Å². The highest BCUT2D eigenvalue weighted by molar-refractivity contribution is 6.06. The van der Waals surface area contributed by atoms with Gasteiger partial charge >= 0.3 is 0 Å². The predicted molar refractivity (Wildman–Crippen MR) is 141 cm³/mol. The first-order valence-electron chi connectivity index (χ1n) is 12.1. The summed E-state index contributed by atoms with van der Waals surface area (Å²) >= 11 is 0. The number of benzene rings is 2. The third-order valence-corrected chi connectivity index (χ3v) is 6.26. The van der Waals surface area contributed by atoms with Crippen LogP contribution in [0.5, 0.6) is 0 Å². The lowest BCUT2D eigenvalue weighted by Crippen LogP contribution is -2.49. The molecule has 9 nitrogen and oxygen atoms in total. The monoisotopic (exact) mass is 483 g/mol. The van der Waals surface area contributed by atoms with Crippen molar-refractivity contribution in [3.8, 4) is 11.4 Å². The molecule has 3 heterocycles. The van der Waals surface area contributed by atoms with Crippen molar-refractivity contribution in [2.45, 2.75) is 6.92 Å². The Bertz CT molecular complexity index is 1360. The van der Waals surface area contributed by atoms with E-state index in [1.54, 1.807) is 6.20 Å². The maximum atomic E-state index is 13.2. The van der Waals surface area contributed by atoms with Crippen LogP contribution in [0.3, 0.4) is 0 Å². The van der Waals surface area contributed by atoms with Crippen LogP contribution in [0, 0.1) is 0 Å². The minimum absolute atomic E-state index is 0.0417. The molecule has 3 N–H and O–H groups in total. The lowest BCUT2D eigenvalue weighted by molar-refractivity contribution is -0.118. The summed E-state index contributed by atoms with van der Waals surface area (Å²) in [5.41, 5.74) is 2.60. The Morgan fingerprint density at radius 2 is 1.69 bits per heavy atom. The summed E-state index contributed by atoms with van der Waals surface area (Å²) in [6.07, 6.45) is 1.80. The number of hydrogen-bond donors (Lipinski definition) is 3. The summed E-state index contributed by atoms with van der Waals surface area (Å²) in [6, 6.07) is 19.6. The van der Waals surface area contributed by atoms with Crippen LogP contribution in [0.15, 0.2) is 66.9 Å². The van der Waals surface area contributed by atoms with Crippen LogP contribution in [0.2, 0.25) is 0 Å². The molecular formula is C27H29N7O2. The first-order chi connectivity index (χ1) is 17.6. The summed E-state index contributed by atoms with van der Waals surface area (Å²) in [7, 11) is 0. The van der Waals surface area contributed by atoms with Crippen LogP contribution in [-0.2, 0) is 4.79 Å². The van der Waals surface area contributed by atoms with E-state index in [1.165, 1.54) is 6.92 Å². The number of anilines is 2. The van der Waals surface area contributed by atoms with Gasteiger partial charge in [0.05, 0.1) is 5.56 Å². The normalized spacial score (nSPS) is 13.6. The molecule has 2 amide bonds. The quantitative estimate of drug-likeness (QED) is 0.349. The van der Waals surface area contributed by atoms with Crippen molar-refractivity contribution < 1.29 is 9.59 Å². The molecule has 184 valence electrons. The van der Waals surface area contributed by atoms with Gasteiger partial charge in [-0.25, -0.2) is 9.97 Å². The zero-order valence-electron chi connectivity index (χ0n) is 20.2. The lowest BCUT2D eigenvalue weighted by atomic mass is 10.1. The average molecular weight is 484 g/mol. The highest BCUT2D eigenvalue weighted by atomic mass is 16.2. The van der Waals surface area contributed by atoms with Gasteiger partial charge in [-0.05, 0) is 6.07 Å². The second-order valence-corrected chi connectivity index (χ2v) is 8.74. The van der Waals surface area contributed by atoms with Crippen molar-refractivity contribution >= 4 is 34.4 Å². The van der Waals surface area contributed by atoms with Gasteiger partial charge in [0, 0.05) is 74.9 Å². The fourth-order valence-electron chi connectivity index (χ4n) is 4.39. The SMILES string of the molecule is CC(=O)NCCNc1cc(N2CCN(C(=O)c3c[nH]c4ccccc34)CC2)nc(-c2ccccc2)n1. The first-order valence-corrected chi connectivity index (χ1v) is 12.1. The molecule has 0 spiro atoms.